The molecule has 0 saturated carbocycles. The van der Waals surface area contributed by atoms with E-state index in [2.05, 4.69) is 16.0 Å². The van der Waals surface area contributed by atoms with E-state index in [1.807, 2.05) is 55.5 Å². The molecule has 0 aliphatic carbocycles. The second-order valence-corrected chi connectivity index (χ2v) is 5.33. The molecule has 0 spiro atoms. The molecule has 0 fully saturated rings. The van der Waals surface area contributed by atoms with Gasteiger partial charge < -0.3 is 16.0 Å². The third-order valence-electron chi connectivity index (χ3n) is 3.43. The van der Waals surface area contributed by atoms with Crippen LogP contribution >= 0.6 is 0 Å². The quantitative estimate of drug-likeness (QED) is 0.794. The molecule has 0 radical (unpaired) electrons. The highest BCUT2D eigenvalue weighted by molar-refractivity contribution is 5.93. The summed E-state index contributed by atoms with van der Waals surface area (Å²) in [5.41, 5.74) is 1.69. The number of carbonyl (C=O) groups is 2. The van der Waals surface area contributed by atoms with Gasteiger partial charge in [-0.1, -0.05) is 48.5 Å². The van der Waals surface area contributed by atoms with Crippen molar-refractivity contribution in [3.8, 4) is 0 Å². The number of amides is 3. The van der Waals surface area contributed by atoms with Crippen LogP contribution in [0.15, 0.2) is 60.7 Å². The SMILES string of the molecule is CC(NC(=O)Nc1ccccc1)C(=O)NC(C)c1ccccc1. The molecule has 0 aliphatic rings. The summed E-state index contributed by atoms with van der Waals surface area (Å²) in [5, 5.41) is 8.19. The molecule has 2 aromatic rings. The average Bonchev–Trinajstić information content (AvgIpc) is 2.56. The molecular weight excluding hydrogens is 290 g/mol. The molecule has 0 heterocycles. The third-order valence-corrected chi connectivity index (χ3v) is 3.43. The molecule has 2 unspecified atom stereocenters. The van der Waals surface area contributed by atoms with Gasteiger partial charge in [-0.25, -0.2) is 4.79 Å². The van der Waals surface area contributed by atoms with Gasteiger partial charge in [0.2, 0.25) is 5.91 Å². The van der Waals surface area contributed by atoms with E-state index in [4.69, 9.17) is 0 Å². The zero-order valence-corrected chi connectivity index (χ0v) is 13.2. The monoisotopic (exact) mass is 311 g/mol. The summed E-state index contributed by atoms with van der Waals surface area (Å²) in [5.74, 6) is -0.232. The van der Waals surface area contributed by atoms with Crippen LogP contribution < -0.4 is 16.0 Å². The number of anilines is 1. The fourth-order valence-electron chi connectivity index (χ4n) is 2.11. The second-order valence-electron chi connectivity index (χ2n) is 5.33. The van der Waals surface area contributed by atoms with Crippen molar-refractivity contribution in [2.45, 2.75) is 25.9 Å². The van der Waals surface area contributed by atoms with Crippen molar-refractivity contribution in [1.29, 1.82) is 0 Å². The van der Waals surface area contributed by atoms with Crippen LogP contribution in [0.4, 0.5) is 10.5 Å². The standard InChI is InChI=1S/C18H21N3O2/c1-13(15-9-5-3-6-10-15)19-17(22)14(2)20-18(23)21-16-11-7-4-8-12-16/h3-14H,1-2H3,(H,19,22)(H2,20,21,23). The Kier molecular flexibility index (Phi) is 5.74. The Morgan fingerprint density at radius 2 is 1.39 bits per heavy atom. The largest absolute Gasteiger partial charge is 0.348 e. The smallest absolute Gasteiger partial charge is 0.319 e. The molecule has 23 heavy (non-hydrogen) atoms. The minimum Gasteiger partial charge on any atom is -0.348 e. The van der Waals surface area contributed by atoms with Gasteiger partial charge in [0.05, 0.1) is 6.04 Å². The van der Waals surface area contributed by atoms with Crippen LogP contribution in [0.25, 0.3) is 0 Å². The number of nitrogens with one attached hydrogen (secondary N) is 3. The van der Waals surface area contributed by atoms with Gasteiger partial charge in [0.1, 0.15) is 6.04 Å². The summed E-state index contributed by atoms with van der Waals surface area (Å²) in [6, 6.07) is 17.6. The van der Waals surface area contributed by atoms with E-state index in [0.29, 0.717) is 5.69 Å². The van der Waals surface area contributed by atoms with Gasteiger partial charge in [0, 0.05) is 5.69 Å². The van der Waals surface area contributed by atoms with Gasteiger partial charge in [-0.15, -0.1) is 0 Å². The summed E-state index contributed by atoms with van der Waals surface area (Å²) >= 11 is 0. The molecule has 2 rings (SSSR count). The van der Waals surface area contributed by atoms with Crippen molar-refractivity contribution in [3.63, 3.8) is 0 Å². The van der Waals surface area contributed by atoms with E-state index in [-0.39, 0.29) is 11.9 Å². The molecule has 3 amide bonds. The Balaban J connectivity index is 1.84. The molecule has 120 valence electrons. The highest BCUT2D eigenvalue weighted by Gasteiger charge is 2.18. The molecule has 0 aliphatic heterocycles. The Labute approximate surface area is 136 Å². The molecule has 5 heteroatoms. The second kappa shape index (κ2) is 7.98. The molecular formula is C18H21N3O2. The number of hydrogen-bond donors (Lipinski definition) is 3. The van der Waals surface area contributed by atoms with Crippen molar-refractivity contribution < 1.29 is 9.59 Å². The minimum absolute atomic E-state index is 0.120. The Morgan fingerprint density at radius 3 is 2.00 bits per heavy atom. The molecule has 2 aromatic carbocycles. The first-order chi connectivity index (χ1) is 11.1. The summed E-state index contributed by atoms with van der Waals surface area (Å²) in [6.07, 6.45) is 0. The molecule has 0 aromatic heterocycles. The number of urea groups is 1. The molecule has 0 saturated heterocycles. The van der Waals surface area contributed by atoms with Crippen molar-refractivity contribution in [2.24, 2.45) is 0 Å². The zero-order chi connectivity index (χ0) is 16.7. The molecule has 0 bridgehead atoms. The van der Waals surface area contributed by atoms with Gasteiger partial charge >= 0.3 is 6.03 Å². The summed E-state index contributed by atoms with van der Waals surface area (Å²) < 4.78 is 0. The Hall–Kier alpha value is -2.82. The number of hydrogen-bond acceptors (Lipinski definition) is 2. The maximum Gasteiger partial charge on any atom is 0.319 e. The van der Waals surface area contributed by atoms with Crippen molar-refractivity contribution >= 4 is 17.6 Å². The topological polar surface area (TPSA) is 70.2 Å². The highest BCUT2D eigenvalue weighted by atomic mass is 16.2. The van der Waals surface area contributed by atoms with Crippen LogP contribution in [0.5, 0.6) is 0 Å². The highest BCUT2D eigenvalue weighted by Crippen LogP contribution is 2.11. The van der Waals surface area contributed by atoms with Gasteiger partial charge in [-0.05, 0) is 31.5 Å². The predicted octanol–water partition coefficient (Wildman–Crippen LogP) is 3.07. The predicted molar refractivity (Wildman–Crippen MR) is 91.1 cm³/mol. The molecule has 3 N–H and O–H groups in total. The first-order valence-corrected chi connectivity index (χ1v) is 7.54. The number of para-hydroxylation sites is 1. The lowest BCUT2D eigenvalue weighted by molar-refractivity contribution is -0.123. The van der Waals surface area contributed by atoms with E-state index in [1.54, 1.807) is 19.1 Å². The van der Waals surface area contributed by atoms with E-state index in [0.717, 1.165) is 5.56 Å². The number of carbonyl (C=O) groups excluding carboxylic acids is 2. The normalized spacial score (nSPS) is 12.8. The minimum atomic E-state index is -0.634. The lowest BCUT2D eigenvalue weighted by atomic mass is 10.1. The summed E-state index contributed by atoms with van der Waals surface area (Å²) in [4.78, 5) is 24.0. The molecule has 2 atom stereocenters. The van der Waals surface area contributed by atoms with Crippen LogP contribution in [0.1, 0.15) is 25.5 Å². The van der Waals surface area contributed by atoms with E-state index < -0.39 is 12.1 Å². The van der Waals surface area contributed by atoms with Crippen LogP contribution in [-0.4, -0.2) is 18.0 Å². The van der Waals surface area contributed by atoms with E-state index in [1.165, 1.54) is 0 Å². The first kappa shape index (κ1) is 16.5. The van der Waals surface area contributed by atoms with Gasteiger partial charge in [0.25, 0.3) is 0 Å². The summed E-state index contributed by atoms with van der Waals surface area (Å²) in [6.45, 7) is 3.56. The number of benzene rings is 2. The van der Waals surface area contributed by atoms with Crippen LogP contribution in [-0.2, 0) is 4.79 Å². The van der Waals surface area contributed by atoms with Gasteiger partial charge in [-0.3, -0.25) is 4.79 Å². The van der Waals surface area contributed by atoms with Gasteiger partial charge in [-0.2, -0.15) is 0 Å². The zero-order valence-electron chi connectivity index (χ0n) is 13.2. The van der Waals surface area contributed by atoms with E-state index in [9.17, 15) is 9.59 Å². The van der Waals surface area contributed by atoms with Crippen molar-refractivity contribution in [3.05, 3.63) is 66.2 Å². The summed E-state index contributed by atoms with van der Waals surface area (Å²) in [7, 11) is 0. The maximum atomic E-state index is 12.2. The van der Waals surface area contributed by atoms with Crippen LogP contribution in [0.3, 0.4) is 0 Å². The fourth-order valence-corrected chi connectivity index (χ4v) is 2.11. The van der Waals surface area contributed by atoms with Crippen molar-refractivity contribution in [1.82, 2.24) is 10.6 Å². The van der Waals surface area contributed by atoms with Crippen molar-refractivity contribution in [2.75, 3.05) is 5.32 Å². The van der Waals surface area contributed by atoms with Crippen LogP contribution in [0, 0.1) is 0 Å². The fraction of sp³-hybridized carbons (Fsp3) is 0.222. The molecule has 5 nitrogen and oxygen atoms in total. The number of rotatable bonds is 5. The lowest BCUT2D eigenvalue weighted by Crippen LogP contribution is -2.46. The van der Waals surface area contributed by atoms with Gasteiger partial charge in [0.15, 0.2) is 0 Å². The van der Waals surface area contributed by atoms with E-state index >= 15 is 0 Å². The van der Waals surface area contributed by atoms with Crippen LogP contribution in [0.2, 0.25) is 0 Å². The average molecular weight is 311 g/mol. The maximum absolute atomic E-state index is 12.2. The first-order valence-electron chi connectivity index (χ1n) is 7.54. The Bertz CT molecular complexity index is 644. The Morgan fingerprint density at radius 1 is 0.826 bits per heavy atom. The lowest BCUT2D eigenvalue weighted by Gasteiger charge is -2.19. The third kappa shape index (κ3) is 5.14.